The Morgan fingerprint density at radius 3 is 2.48 bits per heavy atom. The Morgan fingerprint density at radius 1 is 1.06 bits per heavy atom. The minimum Gasteiger partial charge on any atom is -0.497 e. The lowest BCUT2D eigenvalue weighted by molar-refractivity contribution is -0.125. The van der Waals surface area contributed by atoms with Crippen LogP contribution >= 0.6 is 0 Å². The molecule has 1 heterocycles. The first kappa shape index (κ1) is 21.4. The lowest BCUT2D eigenvalue weighted by Gasteiger charge is -2.41. The van der Waals surface area contributed by atoms with Gasteiger partial charge in [0.25, 0.3) is 5.91 Å². The number of nitrogens with zero attached hydrogens (tertiary/aromatic N) is 1. The second kappa shape index (κ2) is 8.74. The summed E-state index contributed by atoms with van der Waals surface area (Å²) in [5.74, 6) is 1.27. The summed E-state index contributed by atoms with van der Waals surface area (Å²) in [5.41, 5.74) is 2.34. The minimum atomic E-state index is -0.461. The van der Waals surface area contributed by atoms with E-state index >= 15 is 0 Å². The fourth-order valence-electron chi connectivity index (χ4n) is 5.23. The van der Waals surface area contributed by atoms with Gasteiger partial charge in [0, 0.05) is 18.7 Å². The Kier molecular flexibility index (Phi) is 6.03. The van der Waals surface area contributed by atoms with Crippen LogP contribution in [0.5, 0.6) is 5.75 Å². The van der Waals surface area contributed by atoms with Crippen molar-refractivity contribution in [3.63, 3.8) is 0 Å². The molecule has 1 N–H and O–H groups in total. The van der Waals surface area contributed by atoms with Gasteiger partial charge in [-0.2, -0.15) is 0 Å². The molecule has 0 spiro atoms. The third kappa shape index (κ3) is 3.93. The van der Waals surface area contributed by atoms with Gasteiger partial charge < -0.3 is 15.0 Å². The number of amides is 2. The van der Waals surface area contributed by atoms with Crippen LogP contribution in [0.4, 0.5) is 0 Å². The van der Waals surface area contributed by atoms with E-state index in [-0.39, 0.29) is 23.9 Å². The predicted octanol–water partition coefficient (Wildman–Crippen LogP) is 4.55. The normalized spacial score (nSPS) is 28.1. The highest BCUT2D eigenvalue weighted by atomic mass is 16.5. The van der Waals surface area contributed by atoms with Crippen molar-refractivity contribution in [1.29, 1.82) is 0 Å². The quantitative estimate of drug-likeness (QED) is 0.790. The molecule has 2 aromatic rings. The van der Waals surface area contributed by atoms with Crippen LogP contribution in [0.25, 0.3) is 0 Å². The first-order valence-corrected chi connectivity index (χ1v) is 11.2. The summed E-state index contributed by atoms with van der Waals surface area (Å²) in [7, 11) is 3.42. The van der Waals surface area contributed by atoms with E-state index < -0.39 is 5.92 Å². The van der Waals surface area contributed by atoms with Crippen molar-refractivity contribution in [3.05, 3.63) is 65.2 Å². The van der Waals surface area contributed by atoms with Crippen LogP contribution in [-0.2, 0) is 4.79 Å². The average Bonchev–Trinajstić information content (AvgIpc) is 2.79. The van der Waals surface area contributed by atoms with E-state index in [0.717, 1.165) is 29.7 Å². The number of rotatable bonds is 4. The number of likely N-dealkylation sites (N-methyl/N-ethyl adjacent to an activating group) is 1. The molecule has 0 saturated heterocycles. The molecule has 1 aliphatic heterocycles. The minimum absolute atomic E-state index is 0.00133. The number of methoxy groups -OCH3 is 1. The van der Waals surface area contributed by atoms with E-state index in [1.54, 1.807) is 19.1 Å². The molecule has 0 radical (unpaired) electrons. The van der Waals surface area contributed by atoms with Crippen LogP contribution in [0, 0.1) is 11.8 Å². The summed E-state index contributed by atoms with van der Waals surface area (Å²) in [5, 5.41) is 3.37. The Hall–Kier alpha value is -2.82. The lowest BCUT2D eigenvalue weighted by atomic mass is 9.76. The van der Waals surface area contributed by atoms with Crippen LogP contribution in [-0.4, -0.2) is 36.9 Å². The van der Waals surface area contributed by atoms with Gasteiger partial charge in [0.05, 0.1) is 19.1 Å². The first-order chi connectivity index (χ1) is 14.9. The van der Waals surface area contributed by atoms with Crippen molar-refractivity contribution in [2.24, 2.45) is 11.8 Å². The number of ether oxygens (including phenoxy) is 1. The number of fused-ring (bicyclic) bond motifs is 1. The van der Waals surface area contributed by atoms with E-state index in [0.29, 0.717) is 17.4 Å². The number of carbonyl (C=O) groups is 2. The average molecular weight is 421 g/mol. The topological polar surface area (TPSA) is 58.6 Å². The highest BCUT2D eigenvalue weighted by Gasteiger charge is 2.43. The molecular formula is C26H32N2O3. The number of nitrogens with one attached hydrogen (secondary N) is 1. The maximum atomic E-state index is 13.8. The Labute approximate surface area is 184 Å². The van der Waals surface area contributed by atoms with Gasteiger partial charge in [0.1, 0.15) is 5.75 Å². The van der Waals surface area contributed by atoms with Gasteiger partial charge in [-0.3, -0.25) is 9.59 Å². The van der Waals surface area contributed by atoms with Crippen molar-refractivity contribution in [2.75, 3.05) is 14.2 Å². The molecule has 5 unspecified atom stereocenters. The van der Waals surface area contributed by atoms with Gasteiger partial charge in [0.2, 0.25) is 5.91 Å². The number of hydrogen-bond donors (Lipinski definition) is 1. The molecule has 2 amide bonds. The maximum Gasteiger partial charge on any atom is 0.254 e. The fourth-order valence-corrected chi connectivity index (χ4v) is 5.23. The molecule has 0 bridgehead atoms. The molecule has 0 aromatic heterocycles. The number of hydrogen-bond acceptors (Lipinski definition) is 3. The number of carbonyl (C=O) groups excluding carboxylic acids is 2. The lowest BCUT2D eigenvalue weighted by Crippen LogP contribution is -2.50. The Balaban J connectivity index is 1.73. The van der Waals surface area contributed by atoms with E-state index in [1.165, 1.54) is 6.42 Å². The van der Waals surface area contributed by atoms with E-state index in [1.807, 2.05) is 48.5 Å². The van der Waals surface area contributed by atoms with Gasteiger partial charge >= 0.3 is 0 Å². The predicted molar refractivity (Wildman–Crippen MR) is 121 cm³/mol. The summed E-state index contributed by atoms with van der Waals surface area (Å²) >= 11 is 0. The molecule has 5 heteroatoms. The number of benzene rings is 2. The Morgan fingerprint density at radius 2 is 1.77 bits per heavy atom. The summed E-state index contributed by atoms with van der Waals surface area (Å²) in [6, 6.07) is 15.0. The summed E-state index contributed by atoms with van der Waals surface area (Å²) in [6.45, 7) is 4.51. The molecule has 31 heavy (non-hydrogen) atoms. The molecule has 4 rings (SSSR count). The molecule has 1 saturated carbocycles. The SMILES string of the molecule is COc1ccc(C2C(C(=O)NC3CCCC(C)C3C)c3ccccc3C(=O)N2C)cc1. The molecule has 1 aliphatic carbocycles. The van der Waals surface area contributed by atoms with Crippen LogP contribution in [0.15, 0.2) is 48.5 Å². The first-order valence-electron chi connectivity index (χ1n) is 11.2. The fraction of sp³-hybridized carbons (Fsp3) is 0.462. The van der Waals surface area contributed by atoms with Gasteiger partial charge in [-0.1, -0.05) is 57.0 Å². The Bertz CT molecular complexity index is 955. The summed E-state index contributed by atoms with van der Waals surface area (Å²) in [6.07, 6.45) is 3.36. The van der Waals surface area contributed by atoms with Crippen molar-refractivity contribution < 1.29 is 14.3 Å². The smallest absolute Gasteiger partial charge is 0.254 e. The van der Waals surface area contributed by atoms with Crippen molar-refractivity contribution in [3.8, 4) is 5.75 Å². The standard InChI is InChI=1S/C26H32N2O3/c1-16-8-7-11-22(17(16)2)27-25(29)23-20-9-5-6-10-21(20)26(30)28(3)24(23)18-12-14-19(31-4)15-13-18/h5-6,9-10,12-17,22-24H,7-8,11H2,1-4H3,(H,27,29). The maximum absolute atomic E-state index is 13.8. The van der Waals surface area contributed by atoms with Crippen LogP contribution < -0.4 is 10.1 Å². The molecular weight excluding hydrogens is 388 g/mol. The zero-order valence-corrected chi connectivity index (χ0v) is 18.8. The molecule has 5 nitrogen and oxygen atoms in total. The van der Waals surface area contributed by atoms with Gasteiger partial charge in [-0.15, -0.1) is 0 Å². The van der Waals surface area contributed by atoms with Crippen LogP contribution in [0.3, 0.4) is 0 Å². The largest absolute Gasteiger partial charge is 0.497 e. The summed E-state index contributed by atoms with van der Waals surface area (Å²) in [4.78, 5) is 28.6. The highest BCUT2D eigenvalue weighted by molar-refractivity contribution is 6.01. The van der Waals surface area contributed by atoms with Gasteiger partial charge in [0.15, 0.2) is 0 Å². The molecule has 5 atom stereocenters. The highest BCUT2D eigenvalue weighted by Crippen LogP contribution is 2.43. The molecule has 2 aliphatic rings. The third-order valence-corrected chi connectivity index (χ3v) is 7.35. The second-order valence-electron chi connectivity index (χ2n) is 9.08. The molecule has 164 valence electrons. The third-order valence-electron chi connectivity index (χ3n) is 7.35. The van der Waals surface area contributed by atoms with Crippen molar-refractivity contribution in [2.45, 2.75) is 51.1 Å². The van der Waals surface area contributed by atoms with Crippen LogP contribution in [0.1, 0.15) is 66.6 Å². The molecule has 2 aromatic carbocycles. The van der Waals surface area contributed by atoms with E-state index in [9.17, 15) is 9.59 Å². The van der Waals surface area contributed by atoms with Gasteiger partial charge in [-0.05, 0) is 47.6 Å². The van der Waals surface area contributed by atoms with E-state index in [4.69, 9.17) is 4.74 Å². The van der Waals surface area contributed by atoms with E-state index in [2.05, 4.69) is 19.2 Å². The zero-order valence-electron chi connectivity index (χ0n) is 18.8. The second-order valence-corrected chi connectivity index (χ2v) is 9.08. The van der Waals surface area contributed by atoms with Gasteiger partial charge in [-0.25, -0.2) is 0 Å². The monoisotopic (exact) mass is 420 g/mol. The molecule has 1 fully saturated rings. The van der Waals surface area contributed by atoms with Crippen LogP contribution in [0.2, 0.25) is 0 Å². The van der Waals surface area contributed by atoms with Crippen molar-refractivity contribution in [1.82, 2.24) is 10.2 Å². The zero-order chi connectivity index (χ0) is 22.1. The van der Waals surface area contributed by atoms with Crippen molar-refractivity contribution >= 4 is 11.8 Å². The summed E-state index contributed by atoms with van der Waals surface area (Å²) < 4.78 is 5.30.